The summed E-state index contributed by atoms with van der Waals surface area (Å²) in [7, 11) is 0. The number of nitrogens with one attached hydrogen (secondary N) is 3. The van der Waals surface area contributed by atoms with Crippen LogP contribution < -0.4 is 21.1 Å². The molecule has 3 N–H and O–H groups in total. The van der Waals surface area contributed by atoms with Crippen LogP contribution in [0.15, 0.2) is 59.6 Å². The van der Waals surface area contributed by atoms with Crippen LogP contribution in [0.1, 0.15) is 0 Å². The maximum absolute atomic E-state index is 13.1. The van der Waals surface area contributed by atoms with Crippen LogP contribution in [0.2, 0.25) is 5.02 Å². The standard InChI is InChI=1S/C21H18ClN7O2S2/c22-13-8-6-12(7-9-13)18-26-20(28-33-18)24-16(30)11-32-21-25-17-15(10-23-27-17)19(31)29(21)14-4-2-1-3-5-14/h1-9,15,17,23,27H,10-11H2,(H,24,28,30). The lowest BCUT2D eigenvalue weighted by atomic mass is 10.1. The zero-order valence-electron chi connectivity index (χ0n) is 17.1. The van der Waals surface area contributed by atoms with Crippen LogP contribution in [0, 0.1) is 5.92 Å². The van der Waals surface area contributed by atoms with Crippen LogP contribution in [-0.2, 0) is 9.59 Å². The van der Waals surface area contributed by atoms with Gasteiger partial charge >= 0.3 is 0 Å². The summed E-state index contributed by atoms with van der Waals surface area (Å²) in [5, 5.41) is 4.49. The fourth-order valence-corrected chi connectivity index (χ4v) is 5.06. The van der Waals surface area contributed by atoms with Crippen molar-refractivity contribution in [2.24, 2.45) is 10.9 Å². The zero-order valence-corrected chi connectivity index (χ0v) is 19.5. The van der Waals surface area contributed by atoms with E-state index in [-0.39, 0.29) is 35.6 Å². The van der Waals surface area contributed by atoms with Gasteiger partial charge in [-0.2, -0.15) is 9.36 Å². The first kappa shape index (κ1) is 22.0. The molecule has 2 aromatic carbocycles. The highest BCUT2D eigenvalue weighted by atomic mass is 35.5. The van der Waals surface area contributed by atoms with Crippen LogP contribution in [0.3, 0.4) is 0 Å². The van der Waals surface area contributed by atoms with Gasteiger partial charge in [0.15, 0.2) is 5.17 Å². The topological polar surface area (TPSA) is 112 Å². The second-order valence-electron chi connectivity index (χ2n) is 7.26. The number of fused-ring (bicyclic) bond motifs is 1. The predicted octanol–water partition coefficient (Wildman–Crippen LogP) is 2.98. The van der Waals surface area contributed by atoms with E-state index in [9.17, 15) is 9.59 Å². The summed E-state index contributed by atoms with van der Waals surface area (Å²) in [5.41, 5.74) is 7.59. The lowest BCUT2D eigenvalue weighted by Crippen LogP contribution is -2.49. The number of aromatic nitrogens is 2. The number of para-hydroxylation sites is 1. The second-order valence-corrected chi connectivity index (χ2v) is 9.40. The monoisotopic (exact) mass is 499 g/mol. The van der Waals surface area contributed by atoms with Crippen LogP contribution in [0.4, 0.5) is 11.6 Å². The normalized spacial score (nSPS) is 19.8. The Morgan fingerprint density at radius 3 is 2.79 bits per heavy atom. The molecule has 1 saturated heterocycles. The predicted molar refractivity (Wildman–Crippen MR) is 131 cm³/mol. The highest BCUT2D eigenvalue weighted by Gasteiger charge is 2.42. The molecule has 2 amide bonds. The molecule has 2 unspecified atom stereocenters. The van der Waals surface area contributed by atoms with E-state index in [4.69, 9.17) is 11.6 Å². The molecular formula is C21H18ClN7O2S2. The Kier molecular flexibility index (Phi) is 6.38. The summed E-state index contributed by atoms with van der Waals surface area (Å²) in [6, 6.07) is 16.6. The number of hydrazine groups is 1. The number of hydrogen-bond donors (Lipinski definition) is 3. The molecule has 168 valence electrons. The maximum atomic E-state index is 13.1. The molecule has 0 bridgehead atoms. The summed E-state index contributed by atoms with van der Waals surface area (Å²) in [6.45, 7) is 0.500. The van der Waals surface area contributed by atoms with Crippen molar-refractivity contribution >= 4 is 63.5 Å². The molecule has 0 saturated carbocycles. The molecule has 9 nitrogen and oxygen atoms in total. The molecule has 2 aliphatic rings. The van der Waals surface area contributed by atoms with Crippen molar-refractivity contribution in [3.63, 3.8) is 0 Å². The Morgan fingerprint density at radius 2 is 2.00 bits per heavy atom. The number of halogens is 1. The molecule has 33 heavy (non-hydrogen) atoms. The number of carbonyl (C=O) groups is 2. The van der Waals surface area contributed by atoms with E-state index in [1.165, 1.54) is 23.3 Å². The Hall–Kier alpha value is -2.83. The molecule has 2 atom stereocenters. The van der Waals surface area contributed by atoms with Gasteiger partial charge in [0.25, 0.3) is 0 Å². The molecule has 0 spiro atoms. The fourth-order valence-electron chi connectivity index (χ4n) is 3.46. The van der Waals surface area contributed by atoms with E-state index < -0.39 is 0 Å². The molecule has 3 aromatic rings. The molecule has 2 aliphatic heterocycles. The average Bonchev–Trinajstić information content (AvgIpc) is 3.49. The maximum Gasteiger partial charge on any atom is 0.241 e. The molecule has 3 heterocycles. The number of hydrogen-bond acceptors (Lipinski definition) is 9. The lowest BCUT2D eigenvalue weighted by Gasteiger charge is -2.32. The van der Waals surface area contributed by atoms with Crippen LogP contribution in [0.25, 0.3) is 10.6 Å². The number of rotatable bonds is 5. The number of nitrogens with zero attached hydrogens (tertiary/aromatic N) is 4. The average molecular weight is 500 g/mol. The van der Waals surface area contributed by atoms with Crippen LogP contribution >= 0.6 is 34.9 Å². The minimum absolute atomic E-state index is 0.0513. The van der Waals surface area contributed by atoms with E-state index in [2.05, 4.69) is 30.5 Å². The van der Waals surface area contributed by atoms with Crippen molar-refractivity contribution in [1.29, 1.82) is 0 Å². The van der Waals surface area contributed by atoms with Gasteiger partial charge in [0.2, 0.25) is 17.8 Å². The first-order valence-electron chi connectivity index (χ1n) is 10.1. The van der Waals surface area contributed by atoms with Crippen molar-refractivity contribution < 1.29 is 9.59 Å². The van der Waals surface area contributed by atoms with E-state index in [0.29, 0.717) is 27.4 Å². The largest absolute Gasteiger partial charge is 0.293 e. The van der Waals surface area contributed by atoms with Crippen molar-refractivity contribution in [2.75, 3.05) is 22.5 Å². The summed E-state index contributed by atoms with van der Waals surface area (Å²) < 4.78 is 4.21. The Bertz CT molecular complexity index is 1200. The van der Waals surface area contributed by atoms with Gasteiger partial charge in [0, 0.05) is 17.1 Å². The third kappa shape index (κ3) is 4.77. The number of carbonyl (C=O) groups excluding carboxylic acids is 2. The number of amides is 2. The second kappa shape index (κ2) is 9.57. The third-order valence-electron chi connectivity index (χ3n) is 5.05. The van der Waals surface area contributed by atoms with E-state index in [0.717, 1.165) is 5.56 Å². The minimum Gasteiger partial charge on any atom is -0.293 e. The first-order chi connectivity index (χ1) is 16.1. The first-order valence-corrected chi connectivity index (χ1v) is 12.2. The van der Waals surface area contributed by atoms with Gasteiger partial charge in [-0.05, 0) is 35.8 Å². The molecule has 12 heteroatoms. The number of thioether (sulfide) groups is 1. The number of benzene rings is 2. The molecular weight excluding hydrogens is 482 g/mol. The summed E-state index contributed by atoms with van der Waals surface area (Å²) in [5.74, 6) is -0.359. The molecule has 5 rings (SSSR count). The Labute approximate surface area is 202 Å². The third-order valence-corrected chi connectivity index (χ3v) is 7.02. The van der Waals surface area contributed by atoms with Crippen molar-refractivity contribution in [2.45, 2.75) is 6.17 Å². The van der Waals surface area contributed by atoms with Crippen LogP contribution in [0.5, 0.6) is 0 Å². The highest BCUT2D eigenvalue weighted by Crippen LogP contribution is 2.29. The zero-order chi connectivity index (χ0) is 22.8. The van der Waals surface area contributed by atoms with E-state index in [1.807, 2.05) is 42.5 Å². The summed E-state index contributed by atoms with van der Waals surface area (Å²) in [4.78, 5) is 36.3. The van der Waals surface area contributed by atoms with Crippen molar-refractivity contribution in [3.05, 3.63) is 59.6 Å². The smallest absolute Gasteiger partial charge is 0.241 e. The summed E-state index contributed by atoms with van der Waals surface area (Å²) in [6.07, 6.45) is -0.356. The Balaban J connectivity index is 1.27. The number of amidine groups is 1. The van der Waals surface area contributed by atoms with Gasteiger partial charge < -0.3 is 0 Å². The van der Waals surface area contributed by atoms with Gasteiger partial charge in [0.1, 0.15) is 11.2 Å². The minimum atomic E-state index is -0.356. The quantitative estimate of drug-likeness (QED) is 0.494. The van der Waals surface area contributed by atoms with Crippen molar-refractivity contribution in [1.82, 2.24) is 20.2 Å². The fraction of sp³-hybridized carbons (Fsp3) is 0.190. The number of anilines is 2. The Morgan fingerprint density at radius 1 is 1.21 bits per heavy atom. The van der Waals surface area contributed by atoms with E-state index >= 15 is 0 Å². The van der Waals surface area contributed by atoms with Gasteiger partial charge in [-0.3, -0.25) is 25.2 Å². The molecule has 1 fully saturated rings. The SMILES string of the molecule is O=C(CSC1=NC2NNCC2C(=O)N1c1ccccc1)Nc1nsc(-c2ccc(Cl)cc2)n1. The van der Waals surface area contributed by atoms with Crippen molar-refractivity contribution in [3.8, 4) is 10.6 Å². The molecule has 0 radical (unpaired) electrons. The van der Waals surface area contributed by atoms with Gasteiger partial charge in [0.05, 0.1) is 17.4 Å². The molecule has 0 aliphatic carbocycles. The van der Waals surface area contributed by atoms with Gasteiger partial charge in [-0.25, -0.2) is 10.4 Å². The lowest BCUT2D eigenvalue weighted by molar-refractivity contribution is -0.121. The van der Waals surface area contributed by atoms with Gasteiger partial charge in [-0.15, -0.1) is 0 Å². The van der Waals surface area contributed by atoms with Crippen LogP contribution in [-0.4, -0.2) is 44.8 Å². The van der Waals surface area contributed by atoms with E-state index in [1.54, 1.807) is 17.0 Å². The number of aliphatic imine (C=N–C) groups is 1. The summed E-state index contributed by atoms with van der Waals surface area (Å²) >= 11 is 8.31. The highest BCUT2D eigenvalue weighted by molar-refractivity contribution is 8.14. The van der Waals surface area contributed by atoms with Gasteiger partial charge in [-0.1, -0.05) is 53.7 Å². The molecule has 1 aromatic heterocycles.